The summed E-state index contributed by atoms with van der Waals surface area (Å²) in [6.07, 6.45) is 0.200. The number of rotatable bonds is 5. The predicted octanol–water partition coefficient (Wildman–Crippen LogP) is 3.90. The maximum absolute atomic E-state index is 11.2. The Hall–Kier alpha value is -1.58. The number of nitro benzene ring substituents is 2. The molecule has 11 heteroatoms. The Labute approximate surface area is 157 Å². The summed E-state index contributed by atoms with van der Waals surface area (Å²) in [6, 6.07) is 3.47. The van der Waals surface area contributed by atoms with Gasteiger partial charge in [-0.25, -0.2) is 0 Å². The largest absolute Gasteiger partial charge is 0.461 e. The first-order chi connectivity index (χ1) is 11.7. The number of esters is 1. The van der Waals surface area contributed by atoms with E-state index in [0.29, 0.717) is 12.8 Å². The summed E-state index contributed by atoms with van der Waals surface area (Å²) in [6.45, 7) is 1.29. The van der Waals surface area contributed by atoms with E-state index >= 15 is 0 Å². The highest BCUT2D eigenvalue weighted by Gasteiger charge is 2.38. The molecule has 8 nitrogen and oxygen atoms in total. The highest BCUT2D eigenvalue weighted by Crippen LogP contribution is 2.42. The van der Waals surface area contributed by atoms with Gasteiger partial charge in [0, 0.05) is 30.0 Å². The molecule has 2 rings (SSSR count). The summed E-state index contributed by atoms with van der Waals surface area (Å²) in [7, 11) is 0. The molecule has 25 heavy (non-hydrogen) atoms. The van der Waals surface area contributed by atoms with Gasteiger partial charge < -0.3 is 4.74 Å². The maximum Gasteiger partial charge on any atom is 0.302 e. The van der Waals surface area contributed by atoms with E-state index in [1.165, 1.54) is 19.1 Å². The number of nitro groups is 2. The predicted molar refractivity (Wildman–Crippen MR) is 93.5 cm³/mol. The van der Waals surface area contributed by atoms with E-state index in [2.05, 4.69) is 0 Å². The highest BCUT2D eigenvalue weighted by atomic mass is 35.5. The molecule has 136 valence electrons. The van der Waals surface area contributed by atoms with E-state index in [4.69, 9.17) is 27.9 Å². The molecule has 0 aromatic heterocycles. The van der Waals surface area contributed by atoms with Crippen LogP contribution in [0.3, 0.4) is 0 Å². The number of alkyl halides is 2. The van der Waals surface area contributed by atoms with Crippen LogP contribution in [0.1, 0.15) is 19.8 Å². The van der Waals surface area contributed by atoms with Crippen LogP contribution in [0.5, 0.6) is 0 Å². The summed E-state index contributed by atoms with van der Waals surface area (Å²) in [5.41, 5.74) is -0.705. The Morgan fingerprint density at radius 3 is 2.44 bits per heavy atom. The van der Waals surface area contributed by atoms with Gasteiger partial charge in [0.25, 0.3) is 11.4 Å². The fraction of sp³-hybridized carbons (Fsp3) is 0.500. The molecule has 1 aromatic rings. The fourth-order valence-electron chi connectivity index (χ4n) is 2.52. The van der Waals surface area contributed by atoms with E-state index < -0.39 is 32.7 Å². The number of hydrogen-bond acceptors (Lipinski definition) is 7. The molecule has 0 unspecified atom stereocenters. The lowest BCUT2D eigenvalue weighted by Crippen LogP contribution is -2.40. The third-order valence-corrected chi connectivity index (χ3v) is 6.18. The lowest BCUT2D eigenvalue weighted by Gasteiger charge is -2.35. The van der Waals surface area contributed by atoms with Crippen molar-refractivity contribution in [2.45, 2.75) is 46.8 Å². The molecule has 1 aliphatic rings. The average Bonchev–Trinajstić information content (AvgIpc) is 2.51. The molecule has 0 heterocycles. The van der Waals surface area contributed by atoms with Gasteiger partial charge >= 0.3 is 5.97 Å². The van der Waals surface area contributed by atoms with E-state index in [1.54, 1.807) is 0 Å². The van der Waals surface area contributed by atoms with Crippen LogP contribution in [0.25, 0.3) is 0 Å². The minimum Gasteiger partial charge on any atom is -0.461 e. The number of hydrogen-bond donors (Lipinski definition) is 0. The van der Waals surface area contributed by atoms with Gasteiger partial charge in [-0.05, 0) is 12.5 Å². The Bertz CT molecular complexity index is 704. The SMILES string of the molecule is CC(=O)O[C@H]1C[C@H](Cl)[C@@H](Sc2ccc([N+](=O)[O-])cc2[N+](=O)[O-])C[C@@H]1Cl. The van der Waals surface area contributed by atoms with Crippen LogP contribution in [0.15, 0.2) is 23.1 Å². The second kappa shape index (κ2) is 8.20. The topological polar surface area (TPSA) is 113 Å². The zero-order chi connectivity index (χ0) is 18.7. The first-order valence-electron chi connectivity index (χ1n) is 7.24. The van der Waals surface area contributed by atoms with E-state index in [1.807, 2.05) is 0 Å². The minimum absolute atomic E-state index is 0.254. The maximum atomic E-state index is 11.2. The standard InChI is InChI=1S/C14H14Cl2N2O6S/c1-7(19)24-12-5-10(16)14(6-9(12)15)25-13-3-2-8(17(20)21)4-11(13)18(22)23/h2-4,9-10,12,14H,5-6H2,1H3/t9-,10-,12-,14-/m0/s1. The third kappa shape index (κ3) is 4.96. The van der Waals surface area contributed by atoms with Crippen molar-refractivity contribution in [1.82, 2.24) is 0 Å². The normalized spacial score (nSPS) is 26.0. The number of thioether (sulfide) groups is 1. The Morgan fingerprint density at radius 2 is 1.88 bits per heavy atom. The molecule has 0 aliphatic heterocycles. The Balaban J connectivity index is 2.18. The molecule has 4 atom stereocenters. The van der Waals surface area contributed by atoms with Crippen molar-refractivity contribution < 1.29 is 19.4 Å². The zero-order valence-electron chi connectivity index (χ0n) is 13.0. The van der Waals surface area contributed by atoms with Crippen molar-refractivity contribution >= 4 is 52.3 Å². The molecular weight excluding hydrogens is 395 g/mol. The summed E-state index contributed by atoms with van der Waals surface area (Å²) < 4.78 is 5.13. The van der Waals surface area contributed by atoms with Crippen LogP contribution in [0.2, 0.25) is 0 Å². The van der Waals surface area contributed by atoms with Gasteiger partial charge in [0.1, 0.15) is 6.10 Å². The highest BCUT2D eigenvalue weighted by molar-refractivity contribution is 8.00. The number of ether oxygens (including phenoxy) is 1. The monoisotopic (exact) mass is 408 g/mol. The molecule has 0 radical (unpaired) electrons. The van der Waals surface area contributed by atoms with Crippen LogP contribution in [-0.4, -0.2) is 37.9 Å². The van der Waals surface area contributed by atoms with Crippen LogP contribution in [0, 0.1) is 20.2 Å². The molecule has 1 aromatic carbocycles. The molecule has 0 N–H and O–H groups in total. The van der Waals surface area contributed by atoms with Crippen LogP contribution >= 0.6 is 35.0 Å². The smallest absolute Gasteiger partial charge is 0.302 e. The first-order valence-corrected chi connectivity index (χ1v) is 8.99. The van der Waals surface area contributed by atoms with Crippen LogP contribution in [-0.2, 0) is 9.53 Å². The zero-order valence-corrected chi connectivity index (χ0v) is 15.3. The van der Waals surface area contributed by atoms with Gasteiger partial charge in [0.15, 0.2) is 0 Å². The Morgan fingerprint density at radius 1 is 1.20 bits per heavy atom. The molecule has 0 bridgehead atoms. The number of nitrogens with zero attached hydrogens (tertiary/aromatic N) is 2. The van der Waals surface area contributed by atoms with Gasteiger partial charge in [-0.2, -0.15) is 0 Å². The number of halogens is 2. The van der Waals surface area contributed by atoms with Crippen molar-refractivity contribution in [3.63, 3.8) is 0 Å². The van der Waals surface area contributed by atoms with Crippen molar-refractivity contribution in [3.8, 4) is 0 Å². The van der Waals surface area contributed by atoms with E-state index in [0.717, 1.165) is 17.8 Å². The number of carbonyl (C=O) groups excluding carboxylic acids is 1. The average molecular weight is 409 g/mol. The van der Waals surface area contributed by atoms with Crippen molar-refractivity contribution in [2.75, 3.05) is 0 Å². The Kier molecular flexibility index (Phi) is 6.47. The molecule has 1 saturated carbocycles. The van der Waals surface area contributed by atoms with Crippen LogP contribution < -0.4 is 0 Å². The van der Waals surface area contributed by atoms with Gasteiger partial charge in [0.2, 0.25) is 0 Å². The summed E-state index contributed by atoms with van der Waals surface area (Å²) >= 11 is 13.7. The lowest BCUT2D eigenvalue weighted by atomic mass is 9.96. The van der Waals surface area contributed by atoms with Gasteiger partial charge in [-0.3, -0.25) is 25.0 Å². The second-order valence-corrected chi connectivity index (χ2v) is 7.88. The third-order valence-electron chi connectivity index (χ3n) is 3.67. The molecule has 0 amide bonds. The van der Waals surface area contributed by atoms with Gasteiger partial charge in [0.05, 0.1) is 26.2 Å². The van der Waals surface area contributed by atoms with Gasteiger partial charge in [-0.1, -0.05) is 0 Å². The van der Waals surface area contributed by atoms with E-state index in [-0.39, 0.29) is 21.5 Å². The number of non-ortho nitro benzene ring substituents is 1. The quantitative estimate of drug-likeness (QED) is 0.314. The molecule has 1 aliphatic carbocycles. The van der Waals surface area contributed by atoms with Crippen molar-refractivity contribution in [2.24, 2.45) is 0 Å². The molecular formula is C14H14Cl2N2O6S. The lowest BCUT2D eigenvalue weighted by molar-refractivity contribution is -0.396. The minimum atomic E-state index is -0.690. The van der Waals surface area contributed by atoms with Gasteiger partial charge in [-0.15, -0.1) is 35.0 Å². The molecule has 1 fully saturated rings. The van der Waals surface area contributed by atoms with Crippen LogP contribution in [0.4, 0.5) is 11.4 Å². The summed E-state index contributed by atoms with van der Waals surface area (Å²) in [5, 5.41) is 20.9. The summed E-state index contributed by atoms with van der Waals surface area (Å²) in [5.74, 6) is -0.448. The van der Waals surface area contributed by atoms with Crippen molar-refractivity contribution in [1.29, 1.82) is 0 Å². The number of benzene rings is 1. The molecule has 0 spiro atoms. The van der Waals surface area contributed by atoms with Crippen molar-refractivity contribution in [3.05, 3.63) is 38.4 Å². The first kappa shape index (κ1) is 19.7. The molecule has 0 saturated heterocycles. The fourth-order valence-corrected chi connectivity index (χ4v) is 4.70. The summed E-state index contributed by atoms with van der Waals surface area (Å²) in [4.78, 5) is 32.0. The van der Waals surface area contributed by atoms with E-state index in [9.17, 15) is 25.0 Å². The number of carbonyl (C=O) groups is 1. The second-order valence-electron chi connectivity index (χ2n) is 5.47.